The number of alkyl halides is 2. The lowest BCUT2D eigenvalue weighted by atomic mass is 10.2. The number of anilines is 1. The van der Waals surface area contributed by atoms with Crippen molar-refractivity contribution in [2.45, 2.75) is 6.61 Å². The Bertz CT molecular complexity index is 810. The van der Waals surface area contributed by atoms with Crippen LogP contribution in [0.25, 0.3) is 0 Å². The Hall–Kier alpha value is -3.30. The van der Waals surface area contributed by atoms with Crippen molar-refractivity contribution in [3.63, 3.8) is 0 Å². The van der Waals surface area contributed by atoms with Crippen molar-refractivity contribution in [1.29, 1.82) is 0 Å². The minimum atomic E-state index is -3.07. The summed E-state index contributed by atoms with van der Waals surface area (Å²) in [6, 6.07) is 5.17. The molecule has 0 aliphatic rings. The van der Waals surface area contributed by atoms with Crippen LogP contribution < -0.4 is 20.1 Å². The molecule has 0 aromatic heterocycles. The number of hydrogen-bond donors (Lipinski definition) is 2. The number of carbonyl (C=O) groups is 2. The SMILES string of the molecule is COc1cc(NC(=O)NC(=O)c2c(F)cccc2F)ccc1OC(F)F. The summed E-state index contributed by atoms with van der Waals surface area (Å²) in [5.74, 6) is -3.92. The fourth-order valence-electron chi connectivity index (χ4n) is 1.98. The van der Waals surface area contributed by atoms with Crippen LogP contribution in [-0.2, 0) is 0 Å². The molecule has 10 heteroatoms. The first-order valence-corrected chi connectivity index (χ1v) is 7.01. The Balaban J connectivity index is 2.09. The monoisotopic (exact) mass is 372 g/mol. The van der Waals surface area contributed by atoms with E-state index in [1.54, 1.807) is 5.32 Å². The molecule has 2 aromatic carbocycles. The number of imide groups is 1. The summed E-state index contributed by atoms with van der Waals surface area (Å²) < 4.78 is 60.6. The lowest BCUT2D eigenvalue weighted by Crippen LogP contribution is -2.35. The molecule has 0 aliphatic heterocycles. The molecule has 3 amide bonds. The second kappa shape index (κ2) is 8.19. The fourth-order valence-corrected chi connectivity index (χ4v) is 1.98. The van der Waals surface area contributed by atoms with E-state index in [4.69, 9.17) is 4.74 Å². The third-order valence-electron chi connectivity index (χ3n) is 3.05. The minimum absolute atomic E-state index is 0.0581. The minimum Gasteiger partial charge on any atom is -0.493 e. The summed E-state index contributed by atoms with van der Waals surface area (Å²) in [5, 5.41) is 3.95. The van der Waals surface area contributed by atoms with Gasteiger partial charge in [-0.3, -0.25) is 10.1 Å². The number of nitrogens with one attached hydrogen (secondary N) is 2. The molecule has 0 saturated heterocycles. The number of methoxy groups -OCH3 is 1. The van der Waals surface area contributed by atoms with Gasteiger partial charge in [0.15, 0.2) is 11.5 Å². The van der Waals surface area contributed by atoms with Crippen LogP contribution in [0.3, 0.4) is 0 Å². The third-order valence-corrected chi connectivity index (χ3v) is 3.05. The Morgan fingerprint density at radius 1 is 1.04 bits per heavy atom. The first-order chi connectivity index (χ1) is 12.3. The summed E-state index contributed by atoms with van der Waals surface area (Å²) in [6.07, 6.45) is 0. The van der Waals surface area contributed by atoms with Crippen molar-refractivity contribution in [1.82, 2.24) is 5.32 Å². The molecule has 2 rings (SSSR count). The van der Waals surface area contributed by atoms with Gasteiger partial charge in [-0.15, -0.1) is 0 Å². The molecule has 2 aromatic rings. The zero-order valence-corrected chi connectivity index (χ0v) is 13.2. The van der Waals surface area contributed by atoms with Gasteiger partial charge in [-0.25, -0.2) is 13.6 Å². The number of urea groups is 1. The Morgan fingerprint density at radius 2 is 1.69 bits per heavy atom. The topological polar surface area (TPSA) is 76.7 Å². The van der Waals surface area contributed by atoms with Gasteiger partial charge in [0, 0.05) is 11.8 Å². The first-order valence-electron chi connectivity index (χ1n) is 7.01. The van der Waals surface area contributed by atoms with Crippen LogP contribution in [0, 0.1) is 11.6 Å². The van der Waals surface area contributed by atoms with Gasteiger partial charge >= 0.3 is 12.6 Å². The second-order valence-electron chi connectivity index (χ2n) is 4.75. The van der Waals surface area contributed by atoms with Gasteiger partial charge in [0.25, 0.3) is 5.91 Å². The van der Waals surface area contributed by atoms with Gasteiger partial charge in [0.1, 0.15) is 17.2 Å². The van der Waals surface area contributed by atoms with Gasteiger partial charge in [-0.1, -0.05) is 6.07 Å². The summed E-state index contributed by atoms with van der Waals surface area (Å²) in [4.78, 5) is 23.6. The molecule has 0 aliphatic carbocycles. The number of benzene rings is 2. The van der Waals surface area contributed by atoms with E-state index in [0.717, 1.165) is 30.3 Å². The summed E-state index contributed by atoms with van der Waals surface area (Å²) >= 11 is 0. The van der Waals surface area contributed by atoms with Crippen molar-refractivity contribution in [2.75, 3.05) is 12.4 Å². The fraction of sp³-hybridized carbons (Fsp3) is 0.125. The van der Waals surface area contributed by atoms with Gasteiger partial charge < -0.3 is 14.8 Å². The maximum absolute atomic E-state index is 13.5. The molecule has 0 heterocycles. The van der Waals surface area contributed by atoms with E-state index in [1.807, 2.05) is 0 Å². The molecule has 6 nitrogen and oxygen atoms in total. The van der Waals surface area contributed by atoms with E-state index in [0.29, 0.717) is 0 Å². The van der Waals surface area contributed by atoms with Crippen LogP contribution in [0.2, 0.25) is 0 Å². The number of halogens is 4. The van der Waals surface area contributed by atoms with Crippen LogP contribution in [0.4, 0.5) is 28.0 Å². The highest BCUT2D eigenvalue weighted by atomic mass is 19.3. The maximum atomic E-state index is 13.5. The van der Waals surface area contributed by atoms with Crippen molar-refractivity contribution in [3.8, 4) is 11.5 Å². The molecule has 0 saturated carbocycles. The van der Waals surface area contributed by atoms with E-state index >= 15 is 0 Å². The van der Waals surface area contributed by atoms with Crippen LogP contribution in [-0.4, -0.2) is 25.7 Å². The molecular formula is C16H12F4N2O4. The molecule has 0 unspecified atom stereocenters. The van der Waals surface area contributed by atoms with E-state index in [1.165, 1.54) is 13.2 Å². The third kappa shape index (κ3) is 4.62. The number of ether oxygens (including phenoxy) is 2. The van der Waals surface area contributed by atoms with E-state index in [2.05, 4.69) is 10.1 Å². The molecule has 2 N–H and O–H groups in total. The zero-order valence-electron chi connectivity index (χ0n) is 13.2. The summed E-state index contributed by atoms with van der Waals surface area (Å²) in [5.41, 5.74) is -0.858. The smallest absolute Gasteiger partial charge is 0.387 e. The van der Waals surface area contributed by atoms with Gasteiger partial charge in [0.05, 0.1) is 7.11 Å². The van der Waals surface area contributed by atoms with E-state index in [9.17, 15) is 27.2 Å². The molecule has 26 heavy (non-hydrogen) atoms. The number of hydrogen-bond acceptors (Lipinski definition) is 4. The lowest BCUT2D eigenvalue weighted by molar-refractivity contribution is -0.0512. The zero-order chi connectivity index (χ0) is 19.3. The standard InChI is InChI=1S/C16H12F4N2O4/c1-25-12-7-8(5-6-11(12)26-15(19)20)21-16(24)22-14(23)13-9(17)3-2-4-10(13)18/h2-7,15H,1H3,(H2,21,22,23,24). The largest absolute Gasteiger partial charge is 0.493 e. The molecular weight excluding hydrogens is 360 g/mol. The molecule has 138 valence electrons. The number of rotatable bonds is 5. The van der Waals surface area contributed by atoms with Gasteiger partial charge in [0.2, 0.25) is 0 Å². The van der Waals surface area contributed by atoms with Crippen molar-refractivity contribution in [3.05, 3.63) is 53.6 Å². The second-order valence-corrected chi connectivity index (χ2v) is 4.75. The van der Waals surface area contributed by atoms with Crippen LogP contribution >= 0.6 is 0 Å². The summed E-state index contributed by atoms with van der Waals surface area (Å²) in [7, 11) is 1.20. The predicted molar refractivity (Wildman–Crippen MR) is 82.5 cm³/mol. The average Bonchev–Trinajstić information content (AvgIpc) is 2.55. The van der Waals surface area contributed by atoms with Gasteiger partial charge in [-0.2, -0.15) is 8.78 Å². The summed E-state index contributed by atoms with van der Waals surface area (Å²) in [6.45, 7) is -3.07. The highest BCUT2D eigenvalue weighted by Gasteiger charge is 2.19. The molecule has 0 fully saturated rings. The molecule has 0 atom stereocenters. The Morgan fingerprint density at radius 3 is 2.27 bits per heavy atom. The highest BCUT2D eigenvalue weighted by Crippen LogP contribution is 2.31. The van der Waals surface area contributed by atoms with Crippen LogP contribution in [0.1, 0.15) is 10.4 Å². The highest BCUT2D eigenvalue weighted by molar-refractivity contribution is 6.08. The maximum Gasteiger partial charge on any atom is 0.387 e. The molecule has 0 bridgehead atoms. The van der Waals surface area contributed by atoms with Crippen molar-refractivity contribution in [2.24, 2.45) is 0 Å². The molecule has 0 spiro atoms. The Kier molecular flexibility index (Phi) is 5.99. The molecule has 0 radical (unpaired) electrons. The number of carbonyl (C=O) groups excluding carboxylic acids is 2. The van der Waals surface area contributed by atoms with E-state index in [-0.39, 0.29) is 17.2 Å². The van der Waals surface area contributed by atoms with Crippen LogP contribution in [0.5, 0.6) is 11.5 Å². The van der Waals surface area contributed by atoms with Crippen molar-refractivity contribution < 1.29 is 36.6 Å². The quantitative estimate of drug-likeness (QED) is 0.788. The lowest BCUT2D eigenvalue weighted by Gasteiger charge is -2.12. The number of amides is 3. The van der Waals surface area contributed by atoms with Crippen molar-refractivity contribution >= 4 is 17.6 Å². The van der Waals surface area contributed by atoms with E-state index < -0.39 is 35.7 Å². The van der Waals surface area contributed by atoms with Gasteiger partial charge in [-0.05, 0) is 24.3 Å². The first kappa shape index (κ1) is 19.0. The van der Waals surface area contributed by atoms with Crippen LogP contribution in [0.15, 0.2) is 36.4 Å². The Labute approximate surface area is 144 Å². The average molecular weight is 372 g/mol. The predicted octanol–water partition coefficient (Wildman–Crippen LogP) is 3.54. The normalized spacial score (nSPS) is 10.4.